The summed E-state index contributed by atoms with van der Waals surface area (Å²) in [4.78, 5) is 10.7. The Kier molecular flexibility index (Phi) is 2.60. The zero-order chi connectivity index (χ0) is 10.8. The number of ether oxygens (including phenoxy) is 1. The Morgan fingerprint density at radius 3 is 3.07 bits per heavy atom. The smallest absolute Gasteiger partial charge is 0.409 e. The number of aliphatic hydroxyl groups excluding tert-OH is 1. The van der Waals surface area contributed by atoms with E-state index in [1.807, 2.05) is 12.1 Å². The molecule has 1 aliphatic carbocycles. The molecule has 0 unspecified atom stereocenters. The summed E-state index contributed by atoms with van der Waals surface area (Å²) in [7, 11) is 0. The third-order valence-corrected chi connectivity index (χ3v) is 2.63. The lowest BCUT2D eigenvalue weighted by Gasteiger charge is -2.22. The molecule has 0 heterocycles. The molecule has 0 saturated heterocycles. The SMILES string of the molecule is NC(=O)Oc1cccc2c1C[C@H](O)CC2. The second-order valence-corrected chi connectivity index (χ2v) is 3.71. The maximum absolute atomic E-state index is 10.7. The lowest BCUT2D eigenvalue weighted by molar-refractivity contribution is 0.156. The predicted octanol–water partition coefficient (Wildman–Crippen LogP) is 0.994. The number of hydrogen-bond acceptors (Lipinski definition) is 3. The number of fused-ring (bicyclic) bond motifs is 1. The Bertz CT molecular complexity index is 389. The summed E-state index contributed by atoms with van der Waals surface area (Å²) in [6, 6.07) is 5.51. The van der Waals surface area contributed by atoms with Crippen LogP contribution in [-0.4, -0.2) is 17.3 Å². The van der Waals surface area contributed by atoms with Gasteiger partial charge in [0.2, 0.25) is 0 Å². The number of hydrogen-bond donors (Lipinski definition) is 2. The third kappa shape index (κ3) is 2.10. The van der Waals surface area contributed by atoms with E-state index in [1.165, 1.54) is 0 Å². The molecule has 0 radical (unpaired) electrons. The molecule has 80 valence electrons. The van der Waals surface area contributed by atoms with Crippen molar-refractivity contribution in [2.75, 3.05) is 0 Å². The Balaban J connectivity index is 2.35. The normalized spacial score (nSPS) is 19.4. The van der Waals surface area contributed by atoms with E-state index in [-0.39, 0.29) is 6.10 Å². The Morgan fingerprint density at radius 1 is 1.53 bits per heavy atom. The second kappa shape index (κ2) is 3.90. The number of benzene rings is 1. The average molecular weight is 207 g/mol. The first-order chi connectivity index (χ1) is 7.16. The van der Waals surface area contributed by atoms with Gasteiger partial charge < -0.3 is 15.6 Å². The van der Waals surface area contributed by atoms with Gasteiger partial charge in [0.15, 0.2) is 0 Å². The van der Waals surface area contributed by atoms with E-state index in [0.717, 1.165) is 24.0 Å². The fraction of sp³-hybridized carbons (Fsp3) is 0.364. The van der Waals surface area contributed by atoms with Crippen LogP contribution in [-0.2, 0) is 12.8 Å². The van der Waals surface area contributed by atoms with E-state index >= 15 is 0 Å². The van der Waals surface area contributed by atoms with Crippen LogP contribution in [0.25, 0.3) is 0 Å². The molecule has 0 aromatic heterocycles. The molecule has 4 heteroatoms. The predicted molar refractivity (Wildman–Crippen MR) is 54.7 cm³/mol. The highest BCUT2D eigenvalue weighted by Crippen LogP contribution is 2.29. The van der Waals surface area contributed by atoms with Crippen molar-refractivity contribution < 1.29 is 14.6 Å². The molecule has 0 saturated carbocycles. The van der Waals surface area contributed by atoms with Gasteiger partial charge in [0, 0.05) is 12.0 Å². The summed E-state index contributed by atoms with van der Waals surface area (Å²) in [6.45, 7) is 0. The van der Waals surface area contributed by atoms with E-state index in [2.05, 4.69) is 0 Å². The molecule has 2 rings (SSSR count). The number of carbonyl (C=O) groups excluding carboxylic acids is 1. The van der Waals surface area contributed by atoms with Crippen molar-refractivity contribution in [2.24, 2.45) is 5.73 Å². The highest BCUT2D eigenvalue weighted by Gasteiger charge is 2.20. The van der Waals surface area contributed by atoms with E-state index < -0.39 is 6.09 Å². The van der Waals surface area contributed by atoms with Crippen LogP contribution in [0.15, 0.2) is 18.2 Å². The molecule has 0 fully saturated rings. The van der Waals surface area contributed by atoms with Crippen LogP contribution in [0.3, 0.4) is 0 Å². The number of carbonyl (C=O) groups is 1. The van der Waals surface area contributed by atoms with E-state index in [4.69, 9.17) is 10.5 Å². The standard InChI is InChI=1S/C11H13NO3/c12-11(14)15-10-3-1-2-7-4-5-8(13)6-9(7)10/h1-3,8,13H,4-6H2,(H2,12,14)/t8-/m1/s1. The number of primary amides is 1. The summed E-state index contributed by atoms with van der Waals surface area (Å²) in [5.41, 5.74) is 6.99. The highest BCUT2D eigenvalue weighted by molar-refractivity contribution is 5.69. The Morgan fingerprint density at radius 2 is 2.33 bits per heavy atom. The summed E-state index contributed by atoms with van der Waals surface area (Å²) < 4.78 is 4.89. The molecule has 0 spiro atoms. The largest absolute Gasteiger partial charge is 0.410 e. The van der Waals surface area contributed by atoms with Crippen LogP contribution in [0.5, 0.6) is 5.75 Å². The van der Waals surface area contributed by atoms with E-state index in [1.54, 1.807) is 6.07 Å². The summed E-state index contributed by atoms with van der Waals surface area (Å²) >= 11 is 0. The number of rotatable bonds is 1. The maximum Gasteiger partial charge on any atom is 0.409 e. The van der Waals surface area contributed by atoms with Crippen molar-refractivity contribution in [1.82, 2.24) is 0 Å². The van der Waals surface area contributed by atoms with Gasteiger partial charge in [-0.25, -0.2) is 4.79 Å². The molecular weight excluding hydrogens is 194 g/mol. The number of aryl methyl sites for hydroxylation is 1. The number of amides is 1. The average Bonchev–Trinajstić information content (AvgIpc) is 2.18. The molecule has 1 atom stereocenters. The van der Waals surface area contributed by atoms with Crippen molar-refractivity contribution in [1.29, 1.82) is 0 Å². The molecule has 1 aromatic rings. The van der Waals surface area contributed by atoms with Gasteiger partial charge >= 0.3 is 6.09 Å². The third-order valence-electron chi connectivity index (χ3n) is 2.63. The quantitative estimate of drug-likeness (QED) is 0.721. The molecule has 0 aliphatic heterocycles. The minimum absolute atomic E-state index is 0.352. The van der Waals surface area contributed by atoms with Crippen LogP contribution in [0.4, 0.5) is 4.79 Å². The van der Waals surface area contributed by atoms with Crippen molar-refractivity contribution in [3.05, 3.63) is 29.3 Å². The van der Waals surface area contributed by atoms with E-state index in [0.29, 0.717) is 12.2 Å². The molecule has 1 aliphatic rings. The Labute approximate surface area is 87.7 Å². The van der Waals surface area contributed by atoms with Crippen LogP contribution < -0.4 is 10.5 Å². The zero-order valence-electron chi connectivity index (χ0n) is 8.27. The maximum atomic E-state index is 10.7. The van der Waals surface area contributed by atoms with Gasteiger partial charge in [0.25, 0.3) is 0 Å². The van der Waals surface area contributed by atoms with Gasteiger partial charge in [-0.2, -0.15) is 0 Å². The summed E-state index contributed by atoms with van der Waals surface area (Å²) in [5.74, 6) is 0.471. The first kappa shape index (κ1) is 9.98. The molecular formula is C11H13NO3. The topological polar surface area (TPSA) is 72.6 Å². The van der Waals surface area contributed by atoms with Gasteiger partial charge in [-0.15, -0.1) is 0 Å². The van der Waals surface area contributed by atoms with Gasteiger partial charge in [0.05, 0.1) is 6.10 Å². The first-order valence-electron chi connectivity index (χ1n) is 4.93. The van der Waals surface area contributed by atoms with Gasteiger partial charge in [-0.05, 0) is 24.5 Å². The molecule has 3 N–H and O–H groups in total. The Hall–Kier alpha value is -1.55. The number of aliphatic hydroxyl groups is 1. The van der Waals surface area contributed by atoms with Crippen LogP contribution >= 0.6 is 0 Å². The molecule has 1 amide bonds. The summed E-state index contributed by atoms with van der Waals surface area (Å²) in [5, 5.41) is 9.54. The van der Waals surface area contributed by atoms with Crippen molar-refractivity contribution in [3.63, 3.8) is 0 Å². The highest BCUT2D eigenvalue weighted by atomic mass is 16.5. The van der Waals surface area contributed by atoms with Gasteiger partial charge in [-0.3, -0.25) is 0 Å². The van der Waals surface area contributed by atoms with Crippen molar-refractivity contribution in [2.45, 2.75) is 25.4 Å². The van der Waals surface area contributed by atoms with E-state index in [9.17, 15) is 9.90 Å². The molecule has 0 bridgehead atoms. The molecule has 4 nitrogen and oxygen atoms in total. The zero-order valence-corrected chi connectivity index (χ0v) is 8.27. The lowest BCUT2D eigenvalue weighted by atomic mass is 9.89. The fourth-order valence-corrected chi connectivity index (χ4v) is 1.94. The fourth-order valence-electron chi connectivity index (χ4n) is 1.94. The van der Waals surface area contributed by atoms with Gasteiger partial charge in [0.1, 0.15) is 5.75 Å². The van der Waals surface area contributed by atoms with Crippen molar-refractivity contribution >= 4 is 6.09 Å². The molecule has 1 aromatic carbocycles. The summed E-state index contributed by atoms with van der Waals surface area (Å²) in [6.07, 6.45) is 0.928. The monoisotopic (exact) mass is 207 g/mol. The number of nitrogens with two attached hydrogens (primary N) is 1. The van der Waals surface area contributed by atoms with Crippen LogP contribution in [0, 0.1) is 0 Å². The van der Waals surface area contributed by atoms with Gasteiger partial charge in [-0.1, -0.05) is 12.1 Å². The first-order valence-corrected chi connectivity index (χ1v) is 4.93. The molecule has 15 heavy (non-hydrogen) atoms. The lowest BCUT2D eigenvalue weighted by Crippen LogP contribution is -2.22. The van der Waals surface area contributed by atoms with Crippen LogP contribution in [0.1, 0.15) is 17.5 Å². The van der Waals surface area contributed by atoms with Crippen LogP contribution in [0.2, 0.25) is 0 Å². The minimum atomic E-state index is -0.816. The second-order valence-electron chi connectivity index (χ2n) is 3.71. The minimum Gasteiger partial charge on any atom is -0.410 e. The van der Waals surface area contributed by atoms with Crippen molar-refractivity contribution in [3.8, 4) is 5.75 Å².